The van der Waals surface area contributed by atoms with E-state index in [2.05, 4.69) is 26.8 Å². The minimum atomic E-state index is -4.76. The molecule has 2 rings (SSSR count). The molecular formula is C21H27F3N4O3. The van der Waals surface area contributed by atoms with Gasteiger partial charge in [0.25, 0.3) is 0 Å². The monoisotopic (exact) mass is 440 g/mol. The molecule has 0 radical (unpaired) electrons. The second kappa shape index (κ2) is 10.9. The molecule has 0 saturated carbocycles. The number of benzene rings is 1. The van der Waals surface area contributed by atoms with Crippen LogP contribution in [0.5, 0.6) is 5.75 Å². The Kier molecular flexibility index (Phi) is 8.61. The summed E-state index contributed by atoms with van der Waals surface area (Å²) < 4.78 is 41.5. The van der Waals surface area contributed by atoms with Crippen LogP contribution in [-0.2, 0) is 4.79 Å². The van der Waals surface area contributed by atoms with Crippen molar-refractivity contribution in [3.8, 4) is 5.75 Å². The van der Waals surface area contributed by atoms with E-state index >= 15 is 0 Å². The standard InChI is InChI=1S/C21H27F3N4O3/c1-14-12-16(4-5-18(14)31-21(22,23)24)17(25-2)13-19(26-3)28-9-6-15(7-10-28)20(30)27-8-11-29/h4-5,12-13,15,29H,3,6-11H2,1-2H3,(H,27,30)/b19-13+,25-17+. The van der Waals surface area contributed by atoms with E-state index in [1.165, 1.54) is 19.1 Å². The number of nitrogens with zero attached hydrogens (tertiary/aromatic N) is 3. The number of halogens is 3. The number of aliphatic hydroxyl groups excluding tert-OH is 1. The van der Waals surface area contributed by atoms with Crippen LogP contribution in [0.25, 0.3) is 0 Å². The lowest BCUT2D eigenvalue weighted by atomic mass is 9.96. The average molecular weight is 440 g/mol. The van der Waals surface area contributed by atoms with Crippen molar-refractivity contribution in [2.24, 2.45) is 15.9 Å². The molecule has 0 aromatic heterocycles. The van der Waals surface area contributed by atoms with Crippen LogP contribution in [-0.4, -0.2) is 68.0 Å². The highest BCUT2D eigenvalue weighted by molar-refractivity contribution is 6.09. The SMILES string of the molecule is C=N/C(=C\C(=N/C)c1ccc(OC(F)(F)F)c(C)c1)N1CCC(C(=O)NCCO)CC1. The number of alkyl halides is 3. The summed E-state index contributed by atoms with van der Waals surface area (Å²) in [5.74, 6) is 0.109. The Morgan fingerprint density at radius 1 is 1.39 bits per heavy atom. The van der Waals surface area contributed by atoms with Crippen molar-refractivity contribution >= 4 is 18.3 Å². The largest absolute Gasteiger partial charge is 0.573 e. The molecule has 10 heteroatoms. The number of aliphatic imine (C=N–C) groups is 2. The van der Waals surface area contributed by atoms with E-state index in [9.17, 15) is 18.0 Å². The van der Waals surface area contributed by atoms with Gasteiger partial charge in [-0.25, -0.2) is 4.99 Å². The van der Waals surface area contributed by atoms with Crippen LogP contribution in [0.4, 0.5) is 13.2 Å². The number of allylic oxidation sites excluding steroid dienone is 1. The third kappa shape index (κ3) is 7.09. The zero-order valence-corrected chi connectivity index (χ0v) is 17.6. The summed E-state index contributed by atoms with van der Waals surface area (Å²) in [6.45, 7) is 6.47. The fourth-order valence-electron chi connectivity index (χ4n) is 3.38. The topological polar surface area (TPSA) is 86.5 Å². The van der Waals surface area contributed by atoms with Gasteiger partial charge in [0, 0.05) is 44.2 Å². The molecule has 0 aliphatic carbocycles. The maximum atomic E-state index is 12.5. The Hall–Kier alpha value is -2.88. The van der Waals surface area contributed by atoms with Crippen molar-refractivity contribution in [3.05, 3.63) is 41.2 Å². The molecule has 170 valence electrons. The van der Waals surface area contributed by atoms with Crippen LogP contribution >= 0.6 is 0 Å². The van der Waals surface area contributed by atoms with Crippen molar-refractivity contribution in [2.75, 3.05) is 33.3 Å². The van der Waals surface area contributed by atoms with Gasteiger partial charge in [-0.1, -0.05) is 0 Å². The first-order valence-corrected chi connectivity index (χ1v) is 9.84. The number of likely N-dealkylation sites (tertiary alicyclic amines) is 1. The summed E-state index contributed by atoms with van der Waals surface area (Å²) in [6, 6.07) is 4.33. The quantitative estimate of drug-likeness (QED) is 0.609. The summed E-state index contributed by atoms with van der Waals surface area (Å²) >= 11 is 0. The van der Waals surface area contributed by atoms with Gasteiger partial charge in [-0.2, -0.15) is 0 Å². The van der Waals surface area contributed by atoms with Gasteiger partial charge in [0.2, 0.25) is 5.91 Å². The number of carbonyl (C=O) groups is 1. The molecule has 2 N–H and O–H groups in total. The first kappa shape index (κ1) is 24.4. The number of nitrogens with one attached hydrogen (secondary N) is 1. The van der Waals surface area contributed by atoms with Crippen LogP contribution in [0, 0.1) is 12.8 Å². The normalized spacial score (nSPS) is 16.3. The molecule has 1 saturated heterocycles. The molecule has 1 fully saturated rings. The number of amides is 1. The molecule has 1 aliphatic heterocycles. The van der Waals surface area contributed by atoms with Crippen LogP contribution in [0.2, 0.25) is 0 Å². The lowest BCUT2D eigenvalue weighted by Crippen LogP contribution is -2.40. The first-order valence-electron chi connectivity index (χ1n) is 9.84. The third-order valence-electron chi connectivity index (χ3n) is 4.97. The van der Waals surface area contributed by atoms with E-state index in [4.69, 9.17) is 5.11 Å². The third-order valence-corrected chi connectivity index (χ3v) is 4.97. The van der Waals surface area contributed by atoms with Gasteiger partial charge in [-0.05, 0) is 50.2 Å². The maximum Gasteiger partial charge on any atom is 0.573 e. The summed E-state index contributed by atoms with van der Waals surface area (Å²) in [6.07, 6.45) is -1.77. The zero-order chi connectivity index (χ0) is 23.0. The molecule has 1 heterocycles. The first-order chi connectivity index (χ1) is 14.7. The second-order valence-corrected chi connectivity index (χ2v) is 7.07. The second-order valence-electron chi connectivity index (χ2n) is 7.07. The fourth-order valence-corrected chi connectivity index (χ4v) is 3.38. The summed E-state index contributed by atoms with van der Waals surface area (Å²) in [5, 5.41) is 11.5. The van der Waals surface area contributed by atoms with Crippen molar-refractivity contribution in [1.82, 2.24) is 10.2 Å². The Labute approximate surface area is 179 Å². The van der Waals surface area contributed by atoms with Crippen LogP contribution in [0.1, 0.15) is 24.0 Å². The number of aryl methyl sites for hydroxylation is 1. The molecular weight excluding hydrogens is 413 g/mol. The number of aliphatic hydroxyl groups is 1. The van der Waals surface area contributed by atoms with Gasteiger partial charge >= 0.3 is 6.36 Å². The van der Waals surface area contributed by atoms with Crippen LogP contribution in [0.15, 0.2) is 40.1 Å². The van der Waals surface area contributed by atoms with E-state index in [0.717, 1.165) is 0 Å². The number of hydrogen-bond donors (Lipinski definition) is 2. The highest BCUT2D eigenvalue weighted by Gasteiger charge is 2.31. The zero-order valence-electron chi connectivity index (χ0n) is 17.6. The number of rotatable bonds is 8. The van der Waals surface area contributed by atoms with E-state index in [0.29, 0.717) is 48.6 Å². The van der Waals surface area contributed by atoms with Crippen molar-refractivity contribution in [1.29, 1.82) is 0 Å². The predicted octanol–water partition coefficient (Wildman–Crippen LogP) is 2.68. The van der Waals surface area contributed by atoms with E-state index in [1.807, 2.05) is 4.90 Å². The molecule has 0 spiro atoms. The number of piperidine rings is 1. The van der Waals surface area contributed by atoms with E-state index in [1.54, 1.807) is 19.2 Å². The lowest BCUT2D eigenvalue weighted by Gasteiger charge is -2.32. The number of hydrogen-bond acceptors (Lipinski definition) is 6. The lowest BCUT2D eigenvalue weighted by molar-refractivity contribution is -0.274. The van der Waals surface area contributed by atoms with Gasteiger partial charge in [0.15, 0.2) is 0 Å². The molecule has 1 amide bonds. The van der Waals surface area contributed by atoms with Crippen molar-refractivity contribution in [3.63, 3.8) is 0 Å². The smallest absolute Gasteiger partial charge is 0.406 e. The van der Waals surface area contributed by atoms with Gasteiger partial charge in [0.05, 0.1) is 12.3 Å². The van der Waals surface area contributed by atoms with Crippen LogP contribution < -0.4 is 10.1 Å². The molecule has 31 heavy (non-hydrogen) atoms. The van der Waals surface area contributed by atoms with Crippen molar-refractivity contribution in [2.45, 2.75) is 26.1 Å². The minimum absolute atomic E-state index is 0.0711. The summed E-state index contributed by atoms with van der Waals surface area (Å²) in [7, 11) is 1.58. The minimum Gasteiger partial charge on any atom is -0.406 e. The van der Waals surface area contributed by atoms with E-state index in [-0.39, 0.29) is 30.7 Å². The Morgan fingerprint density at radius 2 is 2.06 bits per heavy atom. The molecule has 7 nitrogen and oxygen atoms in total. The molecule has 0 bridgehead atoms. The van der Waals surface area contributed by atoms with Crippen LogP contribution in [0.3, 0.4) is 0 Å². The average Bonchev–Trinajstić information content (AvgIpc) is 2.74. The Bertz CT molecular complexity index is 845. The van der Waals surface area contributed by atoms with Gasteiger partial charge in [-0.15, -0.1) is 13.2 Å². The predicted molar refractivity (Wildman–Crippen MR) is 112 cm³/mol. The number of carbonyl (C=O) groups excluding carboxylic acids is 1. The van der Waals surface area contributed by atoms with Gasteiger partial charge in [-0.3, -0.25) is 9.79 Å². The number of ether oxygens (including phenoxy) is 1. The van der Waals surface area contributed by atoms with Gasteiger partial charge < -0.3 is 20.1 Å². The Morgan fingerprint density at radius 3 is 2.58 bits per heavy atom. The van der Waals surface area contributed by atoms with E-state index < -0.39 is 6.36 Å². The molecule has 0 atom stereocenters. The summed E-state index contributed by atoms with van der Waals surface area (Å²) in [5.41, 5.74) is 1.48. The fraction of sp³-hybridized carbons (Fsp3) is 0.476. The molecule has 0 unspecified atom stereocenters. The Balaban J connectivity index is 2.12. The maximum absolute atomic E-state index is 12.5. The summed E-state index contributed by atoms with van der Waals surface area (Å²) in [4.78, 5) is 22.4. The molecule has 1 aromatic rings. The highest BCUT2D eigenvalue weighted by atomic mass is 19.4. The molecule has 1 aromatic carbocycles. The molecule has 1 aliphatic rings. The van der Waals surface area contributed by atoms with Gasteiger partial charge in [0.1, 0.15) is 11.6 Å². The highest BCUT2D eigenvalue weighted by Crippen LogP contribution is 2.27. The van der Waals surface area contributed by atoms with Crippen molar-refractivity contribution < 1.29 is 27.8 Å².